The standard InChI is InChI=1S/C8H18N2O3S/c1-5-10(6-2)14(12,13)9-7(3)8(4)11/h7,9H,5-6H2,1-4H3. The average molecular weight is 222 g/mol. The lowest BCUT2D eigenvalue weighted by Crippen LogP contribution is -2.46. The second-order valence-corrected chi connectivity index (χ2v) is 4.74. The number of rotatable bonds is 6. The lowest BCUT2D eigenvalue weighted by Gasteiger charge is -2.20. The number of hydrogen-bond donors (Lipinski definition) is 1. The van der Waals surface area contributed by atoms with Crippen molar-refractivity contribution < 1.29 is 13.2 Å². The van der Waals surface area contributed by atoms with Gasteiger partial charge >= 0.3 is 0 Å². The molecule has 0 aliphatic carbocycles. The molecule has 0 saturated carbocycles. The largest absolute Gasteiger partial charge is 0.298 e. The maximum atomic E-state index is 11.6. The van der Waals surface area contributed by atoms with Gasteiger partial charge in [0.1, 0.15) is 5.78 Å². The van der Waals surface area contributed by atoms with Gasteiger partial charge in [0.05, 0.1) is 6.04 Å². The topological polar surface area (TPSA) is 66.5 Å². The summed E-state index contributed by atoms with van der Waals surface area (Å²) in [5, 5.41) is 0. The van der Waals surface area contributed by atoms with E-state index in [1.807, 2.05) is 0 Å². The molecule has 1 atom stereocenters. The van der Waals surface area contributed by atoms with Crippen LogP contribution < -0.4 is 4.72 Å². The summed E-state index contributed by atoms with van der Waals surface area (Å²) in [4.78, 5) is 10.9. The third kappa shape index (κ3) is 3.73. The quantitative estimate of drug-likeness (QED) is 0.695. The van der Waals surface area contributed by atoms with Gasteiger partial charge in [0.2, 0.25) is 0 Å². The lowest BCUT2D eigenvalue weighted by molar-refractivity contribution is -0.118. The van der Waals surface area contributed by atoms with Crippen LogP contribution in [0.25, 0.3) is 0 Å². The second-order valence-electron chi connectivity index (χ2n) is 3.04. The molecule has 0 saturated heterocycles. The summed E-state index contributed by atoms with van der Waals surface area (Å²) in [6.45, 7) is 7.19. The molecule has 0 bridgehead atoms. The van der Waals surface area contributed by atoms with Gasteiger partial charge in [-0.3, -0.25) is 4.79 Å². The monoisotopic (exact) mass is 222 g/mol. The van der Waals surface area contributed by atoms with Gasteiger partial charge in [0.25, 0.3) is 10.2 Å². The van der Waals surface area contributed by atoms with Crippen molar-refractivity contribution in [3.8, 4) is 0 Å². The summed E-state index contributed by atoms with van der Waals surface area (Å²) in [6, 6.07) is -0.666. The van der Waals surface area contributed by atoms with Crippen LogP contribution in [0.2, 0.25) is 0 Å². The number of nitrogens with zero attached hydrogens (tertiary/aromatic N) is 1. The Morgan fingerprint density at radius 1 is 1.36 bits per heavy atom. The van der Waals surface area contributed by atoms with Gasteiger partial charge in [-0.25, -0.2) is 0 Å². The maximum absolute atomic E-state index is 11.6. The molecule has 6 heteroatoms. The van der Waals surface area contributed by atoms with Crippen molar-refractivity contribution in [1.29, 1.82) is 0 Å². The molecule has 0 aromatic carbocycles. The Balaban J connectivity index is 4.56. The molecule has 5 nitrogen and oxygen atoms in total. The third-order valence-electron chi connectivity index (χ3n) is 1.98. The number of nitrogens with one attached hydrogen (secondary N) is 1. The fourth-order valence-corrected chi connectivity index (χ4v) is 2.39. The Hall–Kier alpha value is -0.460. The predicted octanol–water partition coefficient (Wildman–Crippen LogP) is 0.140. The molecule has 0 aromatic rings. The van der Waals surface area contributed by atoms with Gasteiger partial charge in [-0.2, -0.15) is 17.4 Å². The molecule has 0 amide bonds. The molecule has 1 unspecified atom stereocenters. The van der Waals surface area contributed by atoms with Crippen LogP contribution in [-0.2, 0) is 15.0 Å². The van der Waals surface area contributed by atoms with Crippen LogP contribution >= 0.6 is 0 Å². The molecular weight excluding hydrogens is 204 g/mol. The molecule has 0 rings (SSSR count). The van der Waals surface area contributed by atoms with Crippen LogP contribution in [0.4, 0.5) is 0 Å². The maximum Gasteiger partial charge on any atom is 0.280 e. The van der Waals surface area contributed by atoms with Crippen molar-refractivity contribution in [2.75, 3.05) is 13.1 Å². The van der Waals surface area contributed by atoms with Gasteiger partial charge in [-0.05, 0) is 13.8 Å². The first kappa shape index (κ1) is 13.5. The predicted molar refractivity (Wildman–Crippen MR) is 55.1 cm³/mol. The van der Waals surface area contributed by atoms with E-state index in [1.165, 1.54) is 18.2 Å². The van der Waals surface area contributed by atoms with Crippen LogP contribution in [0.15, 0.2) is 0 Å². The zero-order valence-electron chi connectivity index (χ0n) is 9.07. The van der Waals surface area contributed by atoms with E-state index < -0.39 is 16.3 Å². The van der Waals surface area contributed by atoms with Gasteiger partial charge in [0.15, 0.2) is 0 Å². The smallest absolute Gasteiger partial charge is 0.280 e. The Bertz CT molecular complexity index is 283. The Morgan fingerprint density at radius 2 is 1.79 bits per heavy atom. The van der Waals surface area contributed by atoms with Gasteiger partial charge < -0.3 is 0 Å². The third-order valence-corrected chi connectivity index (χ3v) is 3.83. The lowest BCUT2D eigenvalue weighted by atomic mass is 10.3. The molecule has 0 aromatic heterocycles. The normalized spacial score (nSPS) is 14.4. The minimum absolute atomic E-state index is 0.194. The minimum Gasteiger partial charge on any atom is -0.298 e. The molecular formula is C8H18N2O3S. The van der Waals surface area contributed by atoms with Gasteiger partial charge in [0, 0.05) is 13.1 Å². The Labute approximate surface area is 85.7 Å². The molecule has 0 fully saturated rings. The number of ketones is 1. The first-order valence-electron chi connectivity index (χ1n) is 4.63. The SMILES string of the molecule is CCN(CC)S(=O)(=O)NC(C)C(C)=O. The molecule has 0 aliphatic rings. The summed E-state index contributed by atoms with van der Waals surface area (Å²) in [7, 11) is -3.50. The highest BCUT2D eigenvalue weighted by molar-refractivity contribution is 7.87. The van der Waals surface area contributed by atoms with Gasteiger partial charge in [-0.1, -0.05) is 13.8 Å². The van der Waals surface area contributed by atoms with Crippen molar-refractivity contribution in [1.82, 2.24) is 9.03 Å². The highest BCUT2D eigenvalue weighted by atomic mass is 32.2. The molecule has 84 valence electrons. The molecule has 0 radical (unpaired) electrons. The van der Waals surface area contributed by atoms with E-state index in [4.69, 9.17) is 0 Å². The van der Waals surface area contributed by atoms with E-state index in [-0.39, 0.29) is 5.78 Å². The van der Waals surface area contributed by atoms with Crippen LogP contribution in [0.5, 0.6) is 0 Å². The summed E-state index contributed by atoms with van der Waals surface area (Å²) in [5.41, 5.74) is 0. The highest BCUT2D eigenvalue weighted by Crippen LogP contribution is 1.98. The number of Topliss-reactive ketones (excluding diaryl/α,β-unsaturated/α-hetero) is 1. The van der Waals surface area contributed by atoms with Crippen molar-refractivity contribution in [2.45, 2.75) is 33.7 Å². The van der Waals surface area contributed by atoms with Gasteiger partial charge in [-0.15, -0.1) is 0 Å². The van der Waals surface area contributed by atoms with E-state index in [1.54, 1.807) is 13.8 Å². The van der Waals surface area contributed by atoms with Crippen molar-refractivity contribution in [2.24, 2.45) is 0 Å². The molecule has 1 N–H and O–H groups in total. The first-order chi connectivity index (χ1) is 6.35. The molecule has 0 heterocycles. The Morgan fingerprint density at radius 3 is 2.07 bits per heavy atom. The van der Waals surface area contributed by atoms with Crippen LogP contribution in [0, 0.1) is 0 Å². The van der Waals surface area contributed by atoms with E-state index in [9.17, 15) is 13.2 Å². The first-order valence-corrected chi connectivity index (χ1v) is 6.07. The van der Waals surface area contributed by atoms with Crippen LogP contribution in [0.3, 0.4) is 0 Å². The fourth-order valence-electron chi connectivity index (χ4n) is 0.944. The molecule has 14 heavy (non-hydrogen) atoms. The number of carbonyl (C=O) groups is 1. The van der Waals surface area contributed by atoms with Crippen molar-refractivity contribution >= 4 is 16.0 Å². The van der Waals surface area contributed by atoms with E-state index in [2.05, 4.69) is 4.72 Å². The number of carbonyl (C=O) groups excluding carboxylic acids is 1. The fraction of sp³-hybridized carbons (Fsp3) is 0.875. The summed E-state index contributed by atoms with van der Waals surface area (Å²) in [5.74, 6) is -0.194. The zero-order chi connectivity index (χ0) is 11.4. The zero-order valence-corrected chi connectivity index (χ0v) is 9.89. The van der Waals surface area contributed by atoms with Crippen LogP contribution in [-0.4, -0.2) is 37.6 Å². The number of hydrogen-bond acceptors (Lipinski definition) is 3. The summed E-state index contributed by atoms with van der Waals surface area (Å²) < 4.78 is 26.7. The molecule has 0 spiro atoms. The van der Waals surface area contributed by atoms with Crippen LogP contribution in [0.1, 0.15) is 27.7 Å². The minimum atomic E-state index is -3.50. The average Bonchev–Trinajstić information content (AvgIpc) is 2.04. The Kier molecular flexibility index (Phi) is 5.25. The summed E-state index contributed by atoms with van der Waals surface area (Å²) >= 11 is 0. The van der Waals surface area contributed by atoms with Crippen molar-refractivity contribution in [3.05, 3.63) is 0 Å². The van der Waals surface area contributed by atoms with E-state index >= 15 is 0 Å². The van der Waals surface area contributed by atoms with E-state index in [0.29, 0.717) is 13.1 Å². The highest BCUT2D eigenvalue weighted by Gasteiger charge is 2.22. The van der Waals surface area contributed by atoms with E-state index in [0.717, 1.165) is 0 Å². The second kappa shape index (κ2) is 5.43. The summed E-state index contributed by atoms with van der Waals surface area (Å²) in [6.07, 6.45) is 0. The molecule has 0 aliphatic heterocycles. The van der Waals surface area contributed by atoms with Crippen molar-refractivity contribution in [3.63, 3.8) is 0 Å².